The molecule has 0 bridgehead atoms. The van der Waals surface area contributed by atoms with E-state index in [1.165, 1.54) is 0 Å². The average molecular weight is 303 g/mol. The summed E-state index contributed by atoms with van der Waals surface area (Å²) in [6, 6.07) is -1.99. The number of nitrogens with one attached hydrogen (secondary N) is 2. The van der Waals surface area contributed by atoms with Gasteiger partial charge in [-0.1, -0.05) is 13.8 Å². The van der Waals surface area contributed by atoms with Crippen LogP contribution in [0, 0.1) is 5.92 Å². The van der Waals surface area contributed by atoms with Crippen LogP contribution in [0.5, 0.6) is 0 Å². The first-order chi connectivity index (χ1) is 9.77. The molecule has 0 saturated carbocycles. The van der Waals surface area contributed by atoms with E-state index in [4.69, 9.17) is 15.6 Å². The Balaban J connectivity index is 4.45. The van der Waals surface area contributed by atoms with Gasteiger partial charge in [0.25, 0.3) is 0 Å². The number of urea groups is 1. The number of primary amides is 1. The molecule has 0 aliphatic rings. The van der Waals surface area contributed by atoms with Crippen LogP contribution in [0.3, 0.4) is 0 Å². The van der Waals surface area contributed by atoms with Crippen molar-refractivity contribution in [2.45, 2.75) is 45.7 Å². The van der Waals surface area contributed by atoms with Crippen LogP contribution in [0.1, 0.15) is 33.6 Å². The summed E-state index contributed by atoms with van der Waals surface area (Å²) >= 11 is 0. The molecule has 122 valence electrons. The molecular formula is C13H25N3O5. The maximum Gasteiger partial charge on any atom is 0.326 e. The third kappa shape index (κ3) is 8.85. The molecule has 0 aliphatic carbocycles. The SMILES string of the molecule is CCOCC(NC(=O)N[C@@H](CCC(N)=O)C(=O)O)C(C)C. The van der Waals surface area contributed by atoms with Crippen LogP contribution in [0.4, 0.5) is 4.79 Å². The third-order valence-electron chi connectivity index (χ3n) is 2.91. The van der Waals surface area contributed by atoms with Crippen LogP contribution in [-0.4, -0.2) is 48.3 Å². The van der Waals surface area contributed by atoms with Gasteiger partial charge in [-0.3, -0.25) is 4.79 Å². The number of carbonyl (C=O) groups is 3. The number of nitrogens with two attached hydrogens (primary N) is 1. The van der Waals surface area contributed by atoms with Crippen molar-refractivity contribution in [1.29, 1.82) is 0 Å². The van der Waals surface area contributed by atoms with E-state index in [1.807, 2.05) is 20.8 Å². The van der Waals surface area contributed by atoms with E-state index in [0.717, 1.165) is 0 Å². The van der Waals surface area contributed by atoms with Crippen LogP contribution < -0.4 is 16.4 Å². The second-order valence-corrected chi connectivity index (χ2v) is 5.02. The highest BCUT2D eigenvalue weighted by atomic mass is 16.5. The molecule has 0 rings (SSSR count). The summed E-state index contributed by atoms with van der Waals surface area (Å²) in [7, 11) is 0. The Bertz CT molecular complexity index is 360. The fourth-order valence-corrected chi connectivity index (χ4v) is 1.56. The van der Waals surface area contributed by atoms with Crippen molar-refractivity contribution in [2.75, 3.05) is 13.2 Å². The predicted molar refractivity (Wildman–Crippen MR) is 76.6 cm³/mol. The van der Waals surface area contributed by atoms with Gasteiger partial charge in [0.05, 0.1) is 12.6 Å². The number of carboxylic acid groups (broad SMARTS) is 1. The molecule has 5 N–H and O–H groups in total. The van der Waals surface area contributed by atoms with Gasteiger partial charge in [0, 0.05) is 13.0 Å². The smallest absolute Gasteiger partial charge is 0.326 e. The van der Waals surface area contributed by atoms with Gasteiger partial charge in [0.2, 0.25) is 5.91 Å². The van der Waals surface area contributed by atoms with Gasteiger partial charge in [-0.05, 0) is 19.3 Å². The van der Waals surface area contributed by atoms with Gasteiger partial charge in [-0.25, -0.2) is 9.59 Å². The van der Waals surface area contributed by atoms with E-state index in [2.05, 4.69) is 10.6 Å². The van der Waals surface area contributed by atoms with Crippen molar-refractivity contribution in [3.63, 3.8) is 0 Å². The summed E-state index contributed by atoms with van der Waals surface area (Å²) in [5.74, 6) is -1.69. The Morgan fingerprint density at radius 2 is 1.86 bits per heavy atom. The summed E-state index contributed by atoms with van der Waals surface area (Å²) in [5.41, 5.74) is 4.97. The van der Waals surface area contributed by atoms with Gasteiger partial charge in [-0.2, -0.15) is 0 Å². The fraction of sp³-hybridized carbons (Fsp3) is 0.769. The van der Waals surface area contributed by atoms with Gasteiger partial charge in [0.15, 0.2) is 0 Å². The maximum atomic E-state index is 11.8. The van der Waals surface area contributed by atoms with Crippen LogP contribution >= 0.6 is 0 Å². The minimum absolute atomic E-state index is 0.0457. The minimum Gasteiger partial charge on any atom is -0.480 e. The molecule has 0 aromatic rings. The number of amides is 3. The molecule has 2 atom stereocenters. The molecule has 8 nitrogen and oxygen atoms in total. The standard InChI is InChI=1S/C13H25N3O5/c1-4-21-7-10(8(2)3)16-13(20)15-9(12(18)19)5-6-11(14)17/h8-10H,4-7H2,1-3H3,(H2,14,17)(H,18,19)(H2,15,16,20)/t9-,10?/m0/s1. The molecule has 0 fully saturated rings. The number of carbonyl (C=O) groups excluding carboxylic acids is 2. The molecule has 0 spiro atoms. The lowest BCUT2D eigenvalue weighted by molar-refractivity contribution is -0.139. The first-order valence-electron chi connectivity index (χ1n) is 6.93. The van der Waals surface area contributed by atoms with Crippen molar-refractivity contribution in [1.82, 2.24) is 10.6 Å². The highest BCUT2D eigenvalue weighted by Crippen LogP contribution is 2.03. The molecule has 0 saturated heterocycles. The lowest BCUT2D eigenvalue weighted by Gasteiger charge is -2.23. The highest BCUT2D eigenvalue weighted by Gasteiger charge is 2.23. The topological polar surface area (TPSA) is 131 Å². The number of rotatable bonds is 10. The molecule has 21 heavy (non-hydrogen) atoms. The zero-order valence-electron chi connectivity index (χ0n) is 12.7. The van der Waals surface area contributed by atoms with Crippen LogP contribution in [0.25, 0.3) is 0 Å². The number of hydrogen-bond donors (Lipinski definition) is 4. The molecule has 0 aliphatic heterocycles. The third-order valence-corrected chi connectivity index (χ3v) is 2.91. The van der Waals surface area contributed by atoms with E-state index in [9.17, 15) is 14.4 Å². The second-order valence-electron chi connectivity index (χ2n) is 5.02. The van der Waals surface area contributed by atoms with Gasteiger partial charge < -0.3 is 26.2 Å². The fourth-order valence-electron chi connectivity index (χ4n) is 1.56. The maximum absolute atomic E-state index is 11.8. The van der Waals surface area contributed by atoms with Crippen molar-refractivity contribution < 1.29 is 24.2 Å². The Labute approximate surface area is 124 Å². The van der Waals surface area contributed by atoms with E-state index in [1.54, 1.807) is 0 Å². The molecule has 0 heterocycles. The average Bonchev–Trinajstić information content (AvgIpc) is 2.38. The normalized spacial score (nSPS) is 13.5. The van der Waals surface area contributed by atoms with E-state index in [0.29, 0.717) is 13.2 Å². The Morgan fingerprint density at radius 1 is 1.24 bits per heavy atom. The molecule has 0 aromatic carbocycles. The van der Waals surface area contributed by atoms with Crippen molar-refractivity contribution in [2.24, 2.45) is 11.7 Å². The molecule has 3 amide bonds. The number of carboxylic acids is 1. The largest absolute Gasteiger partial charge is 0.480 e. The summed E-state index contributed by atoms with van der Waals surface area (Å²) < 4.78 is 5.27. The second kappa shape index (κ2) is 9.98. The monoisotopic (exact) mass is 303 g/mol. The zero-order valence-corrected chi connectivity index (χ0v) is 12.7. The van der Waals surface area contributed by atoms with Crippen LogP contribution in [-0.2, 0) is 14.3 Å². The van der Waals surface area contributed by atoms with Crippen molar-refractivity contribution in [3.8, 4) is 0 Å². The zero-order chi connectivity index (χ0) is 16.4. The first kappa shape index (κ1) is 19.2. The Hall–Kier alpha value is -1.83. The van der Waals surface area contributed by atoms with E-state index >= 15 is 0 Å². The van der Waals surface area contributed by atoms with Crippen LogP contribution in [0.15, 0.2) is 0 Å². The van der Waals surface area contributed by atoms with Gasteiger partial charge in [-0.15, -0.1) is 0 Å². The molecular weight excluding hydrogens is 278 g/mol. The summed E-state index contributed by atoms with van der Waals surface area (Å²) in [6.45, 7) is 6.57. The Kier molecular flexibility index (Phi) is 9.11. The lowest BCUT2D eigenvalue weighted by atomic mass is 10.1. The van der Waals surface area contributed by atoms with Crippen molar-refractivity contribution >= 4 is 17.9 Å². The van der Waals surface area contributed by atoms with E-state index < -0.39 is 23.9 Å². The van der Waals surface area contributed by atoms with E-state index in [-0.39, 0.29) is 24.8 Å². The van der Waals surface area contributed by atoms with Crippen LogP contribution in [0.2, 0.25) is 0 Å². The first-order valence-corrected chi connectivity index (χ1v) is 6.93. The Morgan fingerprint density at radius 3 is 2.29 bits per heavy atom. The number of aliphatic carboxylic acids is 1. The molecule has 1 unspecified atom stereocenters. The molecule has 0 radical (unpaired) electrons. The number of hydrogen-bond acceptors (Lipinski definition) is 4. The van der Waals surface area contributed by atoms with Crippen molar-refractivity contribution in [3.05, 3.63) is 0 Å². The minimum atomic E-state index is -1.21. The van der Waals surface area contributed by atoms with Gasteiger partial charge in [0.1, 0.15) is 6.04 Å². The summed E-state index contributed by atoms with van der Waals surface area (Å²) in [4.78, 5) is 33.5. The van der Waals surface area contributed by atoms with Gasteiger partial charge >= 0.3 is 12.0 Å². The highest BCUT2D eigenvalue weighted by molar-refractivity contribution is 5.83. The molecule has 0 aromatic heterocycles. The summed E-state index contributed by atoms with van der Waals surface area (Å²) in [6.07, 6.45) is -0.153. The quantitative estimate of drug-likeness (QED) is 0.453. The number of ether oxygens (including phenoxy) is 1. The molecule has 8 heteroatoms. The lowest BCUT2D eigenvalue weighted by Crippen LogP contribution is -2.51. The predicted octanol–water partition coefficient (Wildman–Crippen LogP) is 0.0654. The summed E-state index contributed by atoms with van der Waals surface area (Å²) in [5, 5.41) is 14.0.